The Kier molecular flexibility index (Phi) is 16.5. The number of amides is 4. The molecular weight excluding hydrogens is 576 g/mol. The number of hydrogen-bond acceptors (Lipinski definition) is 7. The number of carboxylic acid groups (broad SMARTS) is 2. The fourth-order valence-electron chi connectivity index (χ4n) is 3.79. The van der Waals surface area contributed by atoms with Crippen molar-refractivity contribution >= 4 is 59.8 Å². The van der Waals surface area contributed by atoms with Gasteiger partial charge in [0.05, 0.1) is 0 Å². The van der Waals surface area contributed by atoms with E-state index in [-0.39, 0.29) is 50.3 Å². The number of halogens is 1. The second-order valence-electron chi connectivity index (χ2n) is 9.87. The van der Waals surface area contributed by atoms with Crippen molar-refractivity contribution in [2.24, 2.45) is 5.92 Å². The fraction of sp³-hybridized carbons (Fsp3) is 0.556. The van der Waals surface area contributed by atoms with Crippen LogP contribution in [0.5, 0.6) is 0 Å². The number of carbonyl (C=O) groups is 6. The molecule has 41 heavy (non-hydrogen) atoms. The van der Waals surface area contributed by atoms with E-state index in [4.69, 9.17) is 21.8 Å². The summed E-state index contributed by atoms with van der Waals surface area (Å²) < 4.78 is 0. The molecular formula is C27H39ClN4O8S. The van der Waals surface area contributed by atoms with Crippen LogP contribution in [-0.2, 0) is 35.2 Å². The summed E-state index contributed by atoms with van der Waals surface area (Å²) in [5.74, 6) is -4.82. The van der Waals surface area contributed by atoms with E-state index in [1.54, 1.807) is 12.1 Å². The summed E-state index contributed by atoms with van der Waals surface area (Å²) >= 11 is 10.3. The summed E-state index contributed by atoms with van der Waals surface area (Å²) in [7, 11) is 0. The van der Waals surface area contributed by atoms with E-state index >= 15 is 0 Å². The van der Waals surface area contributed by atoms with Crippen molar-refractivity contribution in [3.8, 4) is 0 Å². The molecule has 4 amide bonds. The third kappa shape index (κ3) is 14.8. The van der Waals surface area contributed by atoms with E-state index in [9.17, 15) is 28.8 Å². The molecule has 1 rings (SSSR count). The number of rotatable bonds is 19. The minimum absolute atomic E-state index is 0.0142. The monoisotopic (exact) mass is 614 g/mol. The van der Waals surface area contributed by atoms with Crippen LogP contribution >= 0.6 is 24.2 Å². The number of nitrogens with one attached hydrogen (secondary N) is 4. The van der Waals surface area contributed by atoms with E-state index in [0.717, 1.165) is 5.56 Å². The molecule has 228 valence electrons. The number of carbonyl (C=O) groups excluding carboxylic acids is 4. The molecule has 0 aliphatic heterocycles. The second kappa shape index (κ2) is 18.9. The summed E-state index contributed by atoms with van der Waals surface area (Å²) in [6.45, 7) is 3.93. The van der Waals surface area contributed by atoms with Gasteiger partial charge in [-0.15, -0.1) is 0 Å². The van der Waals surface area contributed by atoms with Gasteiger partial charge in [-0.1, -0.05) is 43.6 Å². The van der Waals surface area contributed by atoms with Gasteiger partial charge in [-0.2, -0.15) is 12.6 Å². The molecule has 14 heteroatoms. The molecule has 0 fully saturated rings. The topological polar surface area (TPSA) is 191 Å². The molecule has 0 spiro atoms. The van der Waals surface area contributed by atoms with Crippen molar-refractivity contribution in [2.75, 3.05) is 12.3 Å². The van der Waals surface area contributed by atoms with Crippen molar-refractivity contribution in [1.82, 2.24) is 21.3 Å². The van der Waals surface area contributed by atoms with Crippen LogP contribution in [-0.4, -0.2) is 76.2 Å². The summed E-state index contributed by atoms with van der Waals surface area (Å²) in [4.78, 5) is 73.0. The van der Waals surface area contributed by atoms with E-state index < -0.39 is 60.1 Å². The van der Waals surface area contributed by atoms with Crippen LogP contribution in [0.4, 0.5) is 0 Å². The highest BCUT2D eigenvalue weighted by atomic mass is 35.5. The average Bonchev–Trinajstić information content (AvgIpc) is 2.89. The van der Waals surface area contributed by atoms with Crippen molar-refractivity contribution in [3.63, 3.8) is 0 Å². The number of aliphatic carboxylic acids is 2. The Balaban J connectivity index is 2.86. The lowest BCUT2D eigenvalue weighted by molar-refractivity contribution is -0.139. The maximum atomic E-state index is 13.1. The third-order valence-corrected chi connectivity index (χ3v) is 6.63. The van der Waals surface area contributed by atoms with Gasteiger partial charge in [-0.3, -0.25) is 28.8 Å². The first-order chi connectivity index (χ1) is 19.3. The van der Waals surface area contributed by atoms with E-state index in [1.807, 2.05) is 26.0 Å². The van der Waals surface area contributed by atoms with Gasteiger partial charge in [-0.25, -0.2) is 0 Å². The second-order valence-corrected chi connectivity index (χ2v) is 10.6. The molecule has 0 aliphatic carbocycles. The van der Waals surface area contributed by atoms with Crippen LogP contribution in [0.2, 0.25) is 5.02 Å². The summed E-state index contributed by atoms with van der Waals surface area (Å²) in [6.07, 6.45) is -0.365. The van der Waals surface area contributed by atoms with Crippen molar-refractivity contribution in [2.45, 2.75) is 76.9 Å². The van der Waals surface area contributed by atoms with Crippen molar-refractivity contribution in [3.05, 3.63) is 34.9 Å². The molecule has 0 aliphatic rings. The van der Waals surface area contributed by atoms with Crippen LogP contribution in [0.15, 0.2) is 24.3 Å². The molecule has 6 N–H and O–H groups in total. The lowest BCUT2D eigenvalue weighted by atomic mass is 10.0. The highest BCUT2D eigenvalue weighted by molar-refractivity contribution is 7.80. The molecule has 0 heterocycles. The summed E-state index contributed by atoms with van der Waals surface area (Å²) in [5, 5.41) is 28.7. The van der Waals surface area contributed by atoms with Crippen LogP contribution in [0.1, 0.15) is 57.9 Å². The number of benzene rings is 1. The Morgan fingerprint density at radius 1 is 0.829 bits per heavy atom. The van der Waals surface area contributed by atoms with E-state index in [0.29, 0.717) is 11.4 Å². The molecule has 0 saturated carbocycles. The minimum Gasteiger partial charge on any atom is -0.481 e. The first-order valence-electron chi connectivity index (χ1n) is 13.3. The van der Waals surface area contributed by atoms with Crippen LogP contribution < -0.4 is 21.3 Å². The zero-order valence-corrected chi connectivity index (χ0v) is 24.8. The normalized spacial score (nSPS) is 13.0. The zero-order chi connectivity index (χ0) is 30.9. The Morgan fingerprint density at radius 3 is 2.02 bits per heavy atom. The largest absolute Gasteiger partial charge is 0.481 e. The Hall–Kier alpha value is -3.32. The van der Waals surface area contributed by atoms with Gasteiger partial charge in [-0.05, 0) is 43.2 Å². The molecule has 1 aromatic carbocycles. The SMILES string of the molecule is CC(C)C[C@H](NC(=O)[C@H](CCC(=O)O)NC(=O)CCCC(=O)O)C(=O)N[C@@H](CS)C(=O)NCCc1ccccc1Cl. The van der Waals surface area contributed by atoms with Gasteiger partial charge in [0.15, 0.2) is 0 Å². The molecule has 0 unspecified atom stereocenters. The van der Waals surface area contributed by atoms with E-state index in [2.05, 4.69) is 33.9 Å². The molecule has 1 aromatic rings. The molecule has 0 aromatic heterocycles. The smallest absolute Gasteiger partial charge is 0.303 e. The van der Waals surface area contributed by atoms with Crippen LogP contribution in [0, 0.1) is 5.92 Å². The van der Waals surface area contributed by atoms with Gasteiger partial charge in [0.1, 0.15) is 18.1 Å². The van der Waals surface area contributed by atoms with Crippen molar-refractivity contribution < 1.29 is 39.0 Å². The van der Waals surface area contributed by atoms with Crippen molar-refractivity contribution in [1.29, 1.82) is 0 Å². The third-order valence-electron chi connectivity index (χ3n) is 5.90. The summed E-state index contributed by atoms with van der Waals surface area (Å²) in [5.41, 5.74) is 0.854. The van der Waals surface area contributed by atoms with E-state index in [1.165, 1.54) is 0 Å². The van der Waals surface area contributed by atoms with Gasteiger partial charge in [0.25, 0.3) is 0 Å². The van der Waals surface area contributed by atoms with Gasteiger partial charge in [0, 0.05) is 36.6 Å². The maximum Gasteiger partial charge on any atom is 0.303 e. The quantitative estimate of drug-likeness (QED) is 0.114. The van der Waals surface area contributed by atoms with Gasteiger partial charge < -0.3 is 31.5 Å². The minimum atomic E-state index is -1.26. The highest BCUT2D eigenvalue weighted by Crippen LogP contribution is 2.15. The molecule has 12 nitrogen and oxygen atoms in total. The van der Waals surface area contributed by atoms with Gasteiger partial charge in [0.2, 0.25) is 23.6 Å². The lowest BCUT2D eigenvalue weighted by Gasteiger charge is -2.26. The molecule has 3 atom stereocenters. The molecule has 0 radical (unpaired) electrons. The fourth-order valence-corrected chi connectivity index (χ4v) is 4.28. The summed E-state index contributed by atoms with van der Waals surface area (Å²) in [6, 6.07) is 3.87. The predicted octanol–water partition coefficient (Wildman–Crippen LogP) is 1.55. The first-order valence-corrected chi connectivity index (χ1v) is 14.3. The van der Waals surface area contributed by atoms with Crippen LogP contribution in [0.3, 0.4) is 0 Å². The molecule has 0 bridgehead atoms. The Morgan fingerprint density at radius 2 is 1.44 bits per heavy atom. The lowest BCUT2D eigenvalue weighted by Crippen LogP contribution is -2.57. The average molecular weight is 615 g/mol. The molecule has 0 saturated heterocycles. The predicted molar refractivity (Wildman–Crippen MR) is 156 cm³/mol. The Bertz CT molecular complexity index is 1070. The number of carboxylic acids is 2. The highest BCUT2D eigenvalue weighted by Gasteiger charge is 2.30. The maximum absolute atomic E-state index is 13.1. The van der Waals surface area contributed by atoms with Gasteiger partial charge >= 0.3 is 11.9 Å². The number of thiol groups is 1. The zero-order valence-electron chi connectivity index (χ0n) is 23.2. The number of hydrogen-bond donors (Lipinski definition) is 7. The standard InChI is InChI=1S/C27H39ClN4O8S/c1-16(2)14-20(31-26(39)19(10-11-24(36)37)30-22(33)8-5-9-23(34)35)27(40)32-21(15-41)25(38)29-13-12-17-6-3-4-7-18(17)28/h3-4,6-7,16,19-21,41H,5,8-15H2,1-2H3,(H,29,38)(H,30,33)(H,31,39)(H,32,40)(H,34,35)(H,36,37)/t19-,20-,21-/m0/s1. The first kappa shape index (κ1) is 35.7. The van der Waals surface area contributed by atoms with Crippen LogP contribution in [0.25, 0.3) is 0 Å². The Labute approximate surface area is 249 Å².